The minimum absolute atomic E-state index is 0.00426. The molecule has 1 atom stereocenters. The van der Waals surface area contributed by atoms with Gasteiger partial charge in [-0.3, -0.25) is 14.6 Å². The normalized spacial score (nSPS) is 12.0. The molecule has 8 heteroatoms. The SMILES string of the molecule is CC(C)c1ccccc1Nc1nc2ccc(CC(=O)Nc3ccc(C(C)CC(=O)O)nc3)cc2o1. The molecule has 2 aromatic carbocycles. The van der Waals surface area contributed by atoms with Crippen molar-refractivity contribution in [3.8, 4) is 0 Å². The van der Waals surface area contributed by atoms with Crippen LogP contribution in [-0.4, -0.2) is 27.0 Å². The molecule has 0 aliphatic rings. The van der Waals surface area contributed by atoms with E-state index in [2.05, 4.69) is 40.5 Å². The molecule has 0 bridgehead atoms. The highest BCUT2D eigenvalue weighted by Crippen LogP contribution is 2.28. The van der Waals surface area contributed by atoms with Gasteiger partial charge in [-0.2, -0.15) is 4.98 Å². The molecular formula is C27H28N4O4. The average molecular weight is 473 g/mol. The molecule has 3 N–H and O–H groups in total. The van der Waals surface area contributed by atoms with Gasteiger partial charge < -0.3 is 20.2 Å². The number of carbonyl (C=O) groups is 2. The molecule has 0 radical (unpaired) electrons. The Morgan fingerprint density at radius 1 is 1.06 bits per heavy atom. The van der Waals surface area contributed by atoms with Gasteiger partial charge in [-0.05, 0) is 47.4 Å². The number of pyridine rings is 1. The molecule has 0 aliphatic heterocycles. The van der Waals surface area contributed by atoms with Crippen LogP contribution in [0.15, 0.2) is 65.2 Å². The number of fused-ring (bicyclic) bond motifs is 1. The van der Waals surface area contributed by atoms with Gasteiger partial charge >= 0.3 is 5.97 Å². The Hall–Kier alpha value is -4.20. The zero-order valence-corrected chi connectivity index (χ0v) is 19.9. The number of anilines is 3. The van der Waals surface area contributed by atoms with Crippen LogP contribution < -0.4 is 10.6 Å². The van der Waals surface area contributed by atoms with Gasteiger partial charge in [-0.1, -0.05) is 45.0 Å². The van der Waals surface area contributed by atoms with Crippen molar-refractivity contribution in [2.24, 2.45) is 0 Å². The molecule has 0 saturated carbocycles. The highest BCUT2D eigenvalue weighted by atomic mass is 16.4. The van der Waals surface area contributed by atoms with Crippen LogP contribution in [0.5, 0.6) is 0 Å². The van der Waals surface area contributed by atoms with Crippen LogP contribution in [0.4, 0.5) is 17.4 Å². The molecule has 1 unspecified atom stereocenters. The lowest BCUT2D eigenvalue weighted by Gasteiger charge is -2.11. The number of hydrogen-bond acceptors (Lipinski definition) is 6. The summed E-state index contributed by atoms with van der Waals surface area (Å²) in [5.41, 5.74) is 5.43. The summed E-state index contributed by atoms with van der Waals surface area (Å²) in [5.74, 6) is -0.915. The molecular weight excluding hydrogens is 444 g/mol. The Kier molecular flexibility index (Phi) is 7.10. The summed E-state index contributed by atoms with van der Waals surface area (Å²) in [6.45, 7) is 6.07. The first-order valence-corrected chi connectivity index (χ1v) is 11.5. The van der Waals surface area contributed by atoms with E-state index in [1.165, 1.54) is 11.8 Å². The molecule has 4 rings (SSSR count). The fraction of sp³-hybridized carbons (Fsp3) is 0.259. The molecule has 0 spiro atoms. The number of carboxylic acid groups (broad SMARTS) is 1. The number of nitrogens with zero attached hydrogens (tertiary/aromatic N) is 2. The Morgan fingerprint density at radius 3 is 2.57 bits per heavy atom. The van der Waals surface area contributed by atoms with Gasteiger partial charge in [0.05, 0.1) is 24.7 Å². The van der Waals surface area contributed by atoms with E-state index in [0.29, 0.717) is 34.4 Å². The highest BCUT2D eigenvalue weighted by Gasteiger charge is 2.14. The summed E-state index contributed by atoms with van der Waals surface area (Å²) in [6, 6.07) is 17.4. The second-order valence-corrected chi connectivity index (χ2v) is 8.88. The summed E-state index contributed by atoms with van der Waals surface area (Å²) in [4.78, 5) is 32.2. The Morgan fingerprint density at radius 2 is 1.86 bits per heavy atom. The van der Waals surface area contributed by atoms with Crippen LogP contribution >= 0.6 is 0 Å². The number of benzene rings is 2. The molecule has 2 heterocycles. The standard InChI is InChI=1S/C27H28N4O4/c1-16(2)20-6-4-5-7-22(20)30-27-31-23-10-8-18(13-24(23)35-27)14-25(32)29-19-9-11-21(28-15-19)17(3)12-26(33)34/h4-11,13,15-17H,12,14H2,1-3H3,(H,29,32)(H,30,31)(H,33,34). The number of nitrogens with one attached hydrogen (secondary N) is 2. The third-order valence-corrected chi connectivity index (χ3v) is 5.70. The Bertz CT molecular complexity index is 1350. The molecule has 1 amide bonds. The highest BCUT2D eigenvalue weighted by molar-refractivity contribution is 5.92. The van der Waals surface area contributed by atoms with E-state index in [9.17, 15) is 9.59 Å². The zero-order valence-electron chi connectivity index (χ0n) is 19.9. The lowest BCUT2D eigenvalue weighted by atomic mass is 10.0. The second-order valence-electron chi connectivity index (χ2n) is 8.88. The summed E-state index contributed by atoms with van der Waals surface area (Å²) in [7, 11) is 0. The number of carbonyl (C=O) groups excluding carboxylic acids is 1. The van der Waals surface area contributed by atoms with E-state index in [0.717, 1.165) is 11.3 Å². The second kappa shape index (κ2) is 10.4. The van der Waals surface area contributed by atoms with Crippen LogP contribution in [0.2, 0.25) is 0 Å². The zero-order chi connectivity index (χ0) is 24.9. The maximum Gasteiger partial charge on any atom is 0.304 e. The van der Waals surface area contributed by atoms with Crippen LogP contribution in [0.25, 0.3) is 11.1 Å². The van der Waals surface area contributed by atoms with E-state index in [1.807, 2.05) is 36.4 Å². The first-order chi connectivity index (χ1) is 16.8. The lowest BCUT2D eigenvalue weighted by molar-refractivity contribution is -0.137. The van der Waals surface area contributed by atoms with Gasteiger partial charge in [0.2, 0.25) is 5.91 Å². The van der Waals surface area contributed by atoms with Crippen molar-refractivity contribution in [2.45, 2.75) is 45.4 Å². The van der Waals surface area contributed by atoms with Gasteiger partial charge in [0.1, 0.15) is 5.52 Å². The Balaban J connectivity index is 1.41. The topological polar surface area (TPSA) is 117 Å². The van der Waals surface area contributed by atoms with Gasteiger partial charge in [0.25, 0.3) is 6.01 Å². The van der Waals surface area contributed by atoms with Gasteiger partial charge in [-0.25, -0.2) is 0 Å². The molecule has 4 aromatic rings. The predicted molar refractivity (Wildman–Crippen MR) is 135 cm³/mol. The monoisotopic (exact) mass is 472 g/mol. The predicted octanol–water partition coefficient (Wildman–Crippen LogP) is 5.85. The molecule has 8 nitrogen and oxygen atoms in total. The van der Waals surface area contributed by atoms with E-state index in [4.69, 9.17) is 9.52 Å². The Labute approximate surface area is 203 Å². The van der Waals surface area contributed by atoms with Crippen molar-refractivity contribution in [2.75, 3.05) is 10.6 Å². The number of rotatable bonds is 9. The summed E-state index contributed by atoms with van der Waals surface area (Å²) in [5, 5.41) is 15.0. The van der Waals surface area contributed by atoms with Crippen LogP contribution in [-0.2, 0) is 16.0 Å². The van der Waals surface area contributed by atoms with E-state index < -0.39 is 5.97 Å². The summed E-state index contributed by atoms with van der Waals surface area (Å²) in [6.07, 6.45) is 1.70. The van der Waals surface area contributed by atoms with Crippen molar-refractivity contribution in [1.29, 1.82) is 0 Å². The van der Waals surface area contributed by atoms with Crippen LogP contribution in [0.1, 0.15) is 55.8 Å². The molecule has 180 valence electrons. The number of oxazole rings is 1. The smallest absolute Gasteiger partial charge is 0.304 e. The quantitative estimate of drug-likeness (QED) is 0.280. The van der Waals surface area contributed by atoms with Crippen LogP contribution in [0, 0.1) is 0 Å². The van der Waals surface area contributed by atoms with E-state index >= 15 is 0 Å². The first-order valence-electron chi connectivity index (χ1n) is 11.5. The van der Waals surface area contributed by atoms with Gasteiger partial charge in [-0.15, -0.1) is 0 Å². The number of para-hydroxylation sites is 1. The molecule has 0 saturated heterocycles. The third-order valence-electron chi connectivity index (χ3n) is 5.70. The van der Waals surface area contributed by atoms with Crippen molar-refractivity contribution < 1.29 is 19.1 Å². The lowest BCUT2D eigenvalue weighted by Crippen LogP contribution is -2.14. The number of aromatic nitrogens is 2. The fourth-order valence-electron chi connectivity index (χ4n) is 3.89. The minimum Gasteiger partial charge on any atom is -0.481 e. The average Bonchev–Trinajstić information content (AvgIpc) is 3.20. The molecule has 0 fully saturated rings. The first kappa shape index (κ1) is 23.9. The maximum absolute atomic E-state index is 12.6. The van der Waals surface area contributed by atoms with Crippen LogP contribution in [0.3, 0.4) is 0 Å². The molecule has 2 aromatic heterocycles. The maximum atomic E-state index is 12.6. The van der Waals surface area contributed by atoms with Gasteiger partial charge in [0, 0.05) is 17.3 Å². The largest absolute Gasteiger partial charge is 0.481 e. The summed E-state index contributed by atoms with van der Waals surface area (Å²) >= 11 is 0. The van der Waals surface area contributed by atoms with E-state index in [-0.39, 0.29) is 24.7 Å². The minimum atomic E-state index is -0.872. The number of amides is 1. The number of aliphatic carboxylic acids is 1. The molecule has 0 aliphatic carbocycles. The van der Waals surface area contributed by atoms with Gasteiger partial charge in [0.15, 0.2) is 5.58 Å². The number of carboxylic acids is 1. The summed E-state index contributed by atoms with van der Waals surface area (Å²) < 4.78 is 5.90. The molecule has 35 heavy (non-hydrogen) atoms. The van der Waals surface area contributed by atoms with Crippen molar-refractivity contribution in [1.82, 2.24) is 9.97 Å². The van der Waals surface area contributed by atoms with Crippen molar-refractivity contribution in [3.05, 3.63) is 77.6 Å². The third kappa shape index (κ3) is 6.03. The number of hydrogen-bond donors (Lipinski definition) is 3. The van der Waals surface area contributed by atoms with E-state index in [1.54, 1.807) is 19.1 Å². The fourth-order valence-corrected chi connectivity index (χ4v) is 3.89. The van der Waals surface area contributed by atoms with Crippen molar-refractivity contribution in [3.63, 3.8) is 0 Å². The van der Waals surface area contributed by atoms with Crippen molar-refractivity contribution >= 4 is 40.4 Å².